The SMILES string of the molecule is CCNCc1cccc(Oc2ccccc2CC)n1. The van der Waals surface area contributed by atoms with Crippen molar-refractivity contribution in [3.05, 3.63) is 53.7 Å². The molecule has 0 saturated carbocycles. The first-order valence-corrected chi connectivity index (χ1v) is 6.76. The molecule has 2 aromatic rings. The van der Waals surface area contributed by atoms with Crippen LogP contribution in [0.1, 0.15) is 25.1 Å². The number of hydrogen-bond donors (Lipinski definition) is 1. The Hall–Kier alpha value is -1.87. The molecular formula is C16H20N2O. The zero-order valence-electron chi connectivity index (χ0n) is 11.5. The van der Waals surface area contributed by atoms with Crippen LogP contribution in [-0.4, -0.2) is 11.5 Å². The molecule has 0 fully saturated rings. The maximum Gasteiger partial charge on any atom is 0.219 e. The Labute approximate surface area is 114 Å². The van der Waals surface area contributed by atoms with Gasteiger partial charge in [0.2, 0.25) is 5.88 Å². The van der Waals surface area contributed by atoms with Crippen LogP contribution in [0.15, 0.2) is 42.5 Å². The molecule has 0 aliphatic rings. The predicted molar refractivity (Wildman–Crippen MR) is 77.5 cm³/mol. The fourth-order valence-corrected chi connectivity index (χ4v) is 1.87. The Morgan fingerprint density at radius 2 is 1.89 bits per heavy atom. The van der Waals surface area contributed by atoms with E-state index in [0.717, 1.165) is 31.0 Å². The maximum absolute atomic E-state index is 5.88. The second kappa shape index (κ2) is 6.90. The van der Waals surface area contributed by atoms with E-state index in [0.29, 0.717) is 5.88 Å². The zero-order valence-corrected chi connectivity index (χ0v) is 11.5. The molecule has 0 saturated heterocycles. The van der Waals surface area contributed by atoms with Gasteiger partial charge in [-0.15, -0.1) is 0 Å². The summed E-state index contributed by atoms with van der Waals surface area (Å²) < 4.78 is 5.88. The molecule has 1 aromatic carbocycles. The average Bonchev–Trinajstić information content (AvgIpc) is 2.46. The van der Waals surface area contributed by atoms with Crippen LogP contribution < -0.4 is 10.1 Å². The fourth-order valence-electron chi connectivity index (χ4n) is 1.87. The number of pyridine rings is 1. The largest absolute Gasteiger partial charge is 0.439 e. The fraction of sp³-hybridized carbons (Fsp3) is 0.312. The summed E-state index contributed by atoms with van der Waals surface area (Å²) in [6.45, 7) is 5.91. The number of rotatable bonds is 6. The highest BCUT2D eigenvalue weighted by Gasteiger charge is 2.04. The van der Waals surface area contributed by atoms with Crippen LogP contribution in [-0.2, 0) is 13.0 Å². The van der Waals surface area contributed by atoms with E-state index in [9.17, 15) is 0 Å². The number of para-hydroxylation sites is 1. The third kappa shape index (κ3) is 3.80. The number of hydrogen-bond acceptors (Lipinski definition) is 3. The number of nitrogens with zero attached hydrogens (tertiary/aromatic N) is 1. The van der Waals surface area contributed by atoms with Crippen molar-refractivity contribution in [1.82, 2.24) is 10.3 Å². The molecule has 1 aromatic heterocycles. The van der Waals surface area contributed by atoms with Gasteiger partial charge in [-0.3, -0.25) is 0 Å². The number of ether oxygens (including phenoxy) is 1. The highest BCUT2D eigenvalue weighted by atomic mass is 16.5. The van der Waals surface area contributed by atoms with Crippen LogP contribution in [0.25, 0.3) is 0 Å². The summed E-state index contributed by atoms with van der Waals surface area (Å²) in [4.78, 5) is 4.50. The standard InChI is InChI=1S/C16H20N2O/c1-3-13-8-5-6-10-15(13)19-16-11-7-9-14(18-16)12-17-4-2/h5-11,17H,3-4,12H2,1-2H3. The van der Waals surface area contributed by atoms with Crippen molar-refractivity contribution >= 4 is 0 Å². The van der Waals surface area contributed by atoms with Gasteiger partial charge in [0.05, 0.1) is 5.69 Å². The Balaban J connectivity index is 2.14. The topological polar surface area (TPSA) is 34.1 Å². The molecule has 19 heavy (non-hydrogen) atoms. The first-order chi connectivity index (χ1) is 9.33. The number of aryl methyl sites for hydroxylation is 1. The molecule has 1 heterocycles. The van der Waals surface area contributed by atoms with E-state index in [4.69, 9.17) is 4.74 Å². The van der Waals surface area contributed by atoms with Gasteiger partial charge in [-0.05, 0) is 30.7 Å². The number of benzene rings is 1. The zero-order chi connectivity index (χ0) is 13.5. The van der Waals surface area contributed by atoms with E-state index in [1.165, 1.54) is 5.56 Å². The molecule has 3 heteroatoms. The van der Waals surface area contributed by atoms with Gasteiger partial charge in [0, 0.05) is 12.6 Å². The molecule has 0 spiro atoms. The molecule has 0 radical (unpaired) electrons. The van der Waals surface area contributed by atoms with Crippen molar-refractivity contribution in [2.45, 2.75) is 26.8 Å². The second-order valence-electron chi connectivity index (χ2n) is 4.31. The molecule has 0 aliphatic carbocycles. The molecule has 0 atom stereocenters. The van der Waals surface area contributed by atoms with Gasteiger partial charge >= 0.3 is 0 Å². The van der Waals surface area contributed by atoms with Gasteiger partial charge in [0.15, 0.2) is 0 Å². The highest BCUT2D eigenvalue weighted by Crippen LogP contribution is 2.24. The van der Waals surface area contributed by atoms with E-state index in [2.05, 4.69) is 30.2 Å². The van der Waals surface area contributed by atoms with Crippen molar-refractivity contribution in [3.8, 4) is 11.6 Å². The van der Waals surface area contributed by atoms with Crippen molar-refractivity contribution in [3.63, 3.8) is 0 Å². The quantitative estimate of drug-likeness (QED) is 0.858. The minimum atomic E-state index is 0.649. The van der Waals surface area contributed by atoms with E-state index < -0.39 is 0 Å². The molecule has 0 bridgehead atoms. The van der Waals surface area contributed by atoms with Gasteiger partial charge in [0.25, 0.3) is 0 Å². The van der Waals surface area contributed by atoms with Crippen LogP contribution in [0.3, 0.4) is 0 Å². The van der Waals surface area contributed by atoms with Crippen LogP contribution in [0.4, 0.5) is 0 Å². The van der Waals surface area contributed by atoms with Crippen LogP contribution >= 0.6 is 0 Å². The Morgan fingerprint density at radius 3 is 2.68 bits per heavy atom. The molecule has 1 N–H and O–H groups in total. The summed E-state index contributed by atoms with van der Waals surface area (Å²) in [5, 5.41) is 3.26. The van der Waals surface area contributed by atoms with E-state index >= 15 is 0 Å². The first kappa shape index (κ1) is 13.6. The van der Waals surface area contributed by atoms with E-state index in [-0.39, 0.29) is 0 Å². The minimum absolute atomic E-state index is 0.649. The van der Waals surface area contributed by atoms with Gasteiger partial charge in [0.1, 0.15) is 5.75 Å². The van der Waals surface area contributed by atoms with Crippen molar-refractivity contribution in [2.75, 3.05) is 6.54 Å². The van der Waals surface area contributed by atoms with Crippen LogP contribution in [0.5, 0.6) is 11.6 Å². The smallest absolute Gasteiger partial charge is 0.219 e. The Morgan fingerprint density at radius 1 is 1.05 bits per heavy atom. The third-order valence-electron chi connectivity index (χ3n) is 2.91. The lowest BCUT2D eigenvalue weighted by Gasteiger charge is -2.10. The summed E-state index contributed by atoms with van der Waals surface area (Å²) in [6.07, 6.45) is 0.952. The van der Waals surface area contributed by atoms with Gasteiger partial charge in [-0.1, -0.05) is 38.1 Å². The van der Waals surface area contributed by atoms with Crippen molar-refractivity contribution in [1.29, 1.82) is 0 Å². The predicted octanol–water partition coefficient (Wildman–Crippen LogP) is 3.55. The van der Waals surface area contributed by atoms with Crippen LogP contribution in [0, 0.1) is 0 Å². The van der Waals surface area contributed by atoms with Crippen molar-refractivity contribution < 1.29 is 4.74 Å². The lowest BCUT2D eigenvalue weighted by Crippen LogP contribution is -2.12. The lowest BCUT2D eigenvalue weighted by molar-refractivity contribution is 0.454. The number of aromatic nitrogens is 1. The molecule has 0 amide bonds. The molecule has 2 rings (SSSR count). The summed E-state index contributed by atoms with van der Waals surface area (Å²) in [5.74, 6) is 1.54. The molecule has 0 unspecified atom stereocenters. The summed E-state index contributed by atoms with van der Waals surface area (Å²) in [7, 11) is 0. The maximum atomic E-state index is 5.88. The Kier molecular flexibility index (Phi) is 4.93. The highest BCUT2D eigenvalue weighted by molar-refractivity contribution is 5.36. The summed E-state index contributed by atoms with van der Waals surface area (Å²) in [6, 6.07) is 13.9. The molecule has 3 nitrogen and oxygen atoms in total. The third-order valence-corrected chi connectivity index (χ3v) is 2.91. The number of nitrogens with one attached hydrogen (secondary N) is 1. The van der Waals surface area contributed by atoms with Crippen LogP contribution in [0.2, 0.25) is 0 Å². The van der Waals surface area contributed by atoms with Gasteiger partial charge in [-0.2, -0.15) is 0 Å². The minimum Gasteiger partial charge on any atom is -0.439 e. The monoisotopic (exact) mass is 256 g/mol. The van der Waals surface area contributed by atoms with Crippen molar-refractivity contribution in [2.24, 2.45) is 0 Å². The first-order valence-electron chi connectivity index (χ1n) is 6.76. The Bertz CT molecular complexity index is 526. The van der Waals surface area contributed by atoms with E-state index in [1.807, 2.05) is 36.4 Å². The molecular weight excluding hydrogens is 236 g/mol. The normalized spacial score (nSPS) is 10.4. The lowest BCUT2D eigenvalue weighted by atomic mass is 10.1. The van der Waals surface area contributed by atoms with Gasteiger partial charge < -0.3 is 10.1 Å². The second-order valence-corrected chi connectivity index (χ2v) is 4.31. The molecule has 0 aliphatic heterocycles. The average molecular weight is 256 g/mol. The summed E-state index contributed by atoms with van der Waals surface area (Å²) >= 11 is 0. The van der Waals surface area contributed by atoms with Gasteiger partial charge in [-0.25, -0.2) is 4.98 Å². The van der Waals surface area contributed by atoms with E-state index in [1.54, 1.807) is 0 Å². The molecule has 100 valence electrons. The summed E-state index contributed by atoms with van der Waals surface area (Å²) in [5.41, 5.74) is 2.19.